The number of hydrogen-bond acceptors (Lipinski definition) is 4. The van der Waals surface area contributed by atoms with Crippen LogP contribution < -0.4 is 10.6 Å². The Morgan fingerprint density at radius 2 is 2.35 bits per heavy atom. The molecule has 3 unspecified atom stereocenters. The average molecular weight is 337 g/mol. The highest BCUT2D eigenvalue weighted by Crippen LogP contribution is 2.51. The number of fused-ring (bicyclic) bond motifs is 1. The predicted octanol–water partition coefficient (Wildman–Crippen LogP) is 2.71. The Morgan fingerprint density at radius 1 is 1.52 bits per heavy atom. The monoisotopic (exact) mass is 336 g/mol. The van der Waals surface area contributed by atoms with Crippen molar-refractivity contribution in [3.63, 3.8) is 0 Å². The summed E-state index contributed by atoms with van der Waals surface area (Å²) >= 11 is 1.67. The van der Waals surface area contributed by atoms with Gasteiger partial charge in [0.15, 0.2) is 5.96 Å². The van der Waals surface area contributed by atoms with Crippen LogP contribution in [-0.2, 0) is 11.3 Å². The third kappa shape index (κ3) is 3.38. The van der Waals surface area contributed by atoms with E-state index in [1.54, 1.807) is 11.3 Å². The molecule has 2 aliphatic rings. The maximum absolute atomic E-state index is 5.99. The van der Waals surface area contributed by atoms with E-state index >= 15 is 0 Å². The van der Waals surface area contributed by atoms with Crippen LogP contribution in [0.15, 0.2) is 10.4 Å². The fourth-order valence-corrected chi connectivity index (χ4v) is 4.60. The molecule has 1 aromatic heterocycles. The largest absolute Gasteiger partial charge is 0.377 e. The number of rotatable bonds is 4. The number of hydrogen-bond donors (Lipinski definition) is 2. The number of nitrogens with zero attached hydrogens (tertiary/aromatic N) is 2. The number of thiazole rings is 1. The Morgan fingerprint density at radius 3 is 3.04 bits per heavy atom. The molecule has 5 nitrogen and oxygen atoms in total. The van der Waals surface area contributed by atoms with E-state index in [0.29, 0.717) is 24.6 Å². The number of aliphatic imine (C=N–C) groups is 1. The van der Waals surface area contributed by atoms with Gasteiger partial charge in [-0.15, -0.1) is 11.3 Å². The van der Waals surface area contributed by atoms with Gasteiger partial charge in [-0.25, -0.2) is 9.98 Å². The zero-order chi connectivity index (χ0) is 16.4. The van der Waals surface area contributed by atoms with Gasteiger partial charge in [0.2, 0.25) is 0 Å². The average Bonchev–Trinajstić information content (AvgIpc) is 2.95. The molecule has 0 spiro atoms. The Balaban J connectivity index is 1.66. The molecule has 1 saturated heterocycles. The summed E-state index contributed by atoms with van der Waals surface area (Å²) in [6, 6.07) is 0.420. The number of nitrogens with one attached hydrogen (secondary N) is 2. The Bertz CT molecular complexity index is 569. The third-order valence-electron chi connectivity index (χ3n) is 5.01. The normalized spacial score (nSPS) is 29.6. The van der Waals surface area contributed by atoms with Gasteiger partial charge < -0.3 is 15.4 Å². The van der Waals surface area contributed by atoms with Crippen LogP contribution in [0.3, 0.4) is 0 Å². The fourth-order valence-electron chi connectivity index (χ4n) is 3.90. The molecule has 1 aliphatic heterocycles. The van der Waals surface area contributed by atoms with E-state index in [4.69, 9.17) is 9.73 Å². The lowest BCUT2D eigenvalue weighted by Gasteiger charge is -2.60. The summed E-state index contributed by atoms with van der Waals surface area (Å²) in [4.78, 5) is 9.21. The summed E-state index contributed by atoms with van der Waals surface area (Å²) < 4.78 is 5.99. The van der Waals surface area contributed by atoms with Crippen LogP contribution in [0.1, 0.15) is 44.3 Å². The number of aromatic nitrogens is 1. The van der Waals surface area contributed by atoms with Crippen LogP contribution in [0.5, 0.6) is 0 Å². The van der Waals surface area contributed by atoms with Crippen LogP contribution >= 0.6 is 11.3 Å². The van der Waals surface area contributed by atoms with Gasteiger partial charge in [-0.05, 0) is 26.7 Å². The van der Waals surface area contributed by atoms with Gasteiger partial charge in [-0.1, -0.05) is 13.8 Å². The molecule has 6 heteroatoms. The summed E-state index contributed by atoms with van der Waals surface area (Å²) in [5.41, 5.74) is 1.22. The van der Waals surface area contributed by atoms with Gasteiger partial charge in [0, 0.05) is 41.6 Å². The Labute approximate surface area is 142 Å². The summed E-state index contributed by atoms with van der Waals surface area (Å²) in [7, 11) is 0. The van der Waals surface area contributed by atoms with Crippen LogP contribution in [0, 0.1) is 18.3 Å². The molecule has 0 amide bonds. The van der Waals surface area contributed by atoms with E-state index in [-0.39, 0.29) is 5.41 Å². The van der Waals surface area contributed by atoms with Crippen molar-refractivity contribution in [3.05, 3.63) is 16.1 Å². The van der Waals surface area contributed by atoms with Crippen molar-refractivity contribution in [1.29, 1.82) is 0 Å². The molecule has 2 heterocycles. The molecule has 0 aromatic carbocycles. The first kappa shape index (κ1) is 16.7. The van der Waals surface area contributed by atoms with Gasteiger partial charge in [0.1, 0.15) is 5.01 Å². The molecule has 2 N–H and O–H groups in total. The van der Waals surface area contributed by atoms with Crippen molar-refractivity contribution < 1.29 is 4.74 Å². The van der Waals surface area contributed by atoms with E-state index in [2.05, 4.69) is 41.8 Å². The zero-order valence-corrected chi connectivity index (χ0v) is 15.4. The fraction of sp³-hybridized carbons (Fsp3) is 0.765. The molecule has 3 atom stereocenters. The molecule has 128 valence electrons. The Hall–Kier alpha value is -1.14. The lowest BCUT2D eigenvalue weighted by Crippen LogP contribution is -2.71. The predicted molar refractivity (Wildman–Crippen MR) is 94.8 cm³/mol. The first-order valence-corrected chi connectivity index (χ1v) is 9.47. The lowest BCUT2D eigenvalue weighted by molar-refractivity contribution is -0.188. The first-order chi connectivity index (χ1) is 11.0. The summed E-state index contributed by atoms with van der Waals surface area (Å²) in [5, 5.41) is 10.2. The molecule has 23 heavy (non-hydrogen) atoms. The minimum absolute atomic E-state index is 0.152. The molecular weight excluding hydrogens is 308 g/mol. The summed E-state index contributed by atoms with van der Waals surface area (Å²) in [6.07, 6.45) is 2.80. The van der Waals surface area contributed by atoms with Crippen LogP contribution in [-0.4, -0.2) is 36.2 Å². The van der Waals surface area contributed by atoms with Gasteiger partial charge in [0.05, 0.1) is 12.6 Å². The Kier molecular flexibility index (Phi) is 4.92. The van der Waals surface area contributed by atoms with Gasteiger partial charge in [-0.3, -0.25) is 0 Å². The second-order valence-corrected chi connectivity index (χ2v) is 8.06. The molecule has 0 bridgehead atoms. The van der Waals surface area contributed by atoms with Gasteiger partial charge in [0.25, 0.3) is 0 Å². The molecule has 2 fully saturated rings. The summed E-state index contributed by atoms with van der Waals surface area (Å²) in [6.45, 7) is 11.1. The highest BCUT2D eigenvalue weighted by atomic mass is 32.1. The number of guanidine groups is 1. The van der Waals surface area contributed by atoms with Crippen LogP contribution in [0.4, 0.5) is 0 Å². The van der Waals surface area contributed by atoms with Crippen molar-refractivity contribution in [2.75, 3.05) is 13.2 Å². The third-order valence-corrected chi connectivity index (χ3v) is 5.96. The van der Waals surface area contributed by atoms with Crippen molar-refractivity contribution >= 4 is 17.3 Å². The first-order valence-electron chi connectivity index (χ1n) is 8.60. The second-order valence-electron chi connectivity index (χ2n) is 7.12. The maximum atomic E-state index is 5.99. The van der Waals surface area contributed by atoms with E-state index in [0.717, 1.165) is 29.8 Å². The molecule has 1 saturated carbocycles. The smallest absolute Gasteiger partial charge is 0.191 e. The van der Waals surface area contributed by atoms with Crippen molar-refractivity contribution in [2.24, 2.45) is 16.3 Å². The topological polar surface area (TPSA) is 58.5 Å². The van der Waals surface area contributed by atoms with Crippen molar-refractivity contribution in [3.8, 4) is 0 Å². The van der Waals surface area contributed by atoms with Crippen molar-refractivity contribution in [1.82, 2.24) is 15.6 Å². The molecule has 1 aromatic rings. The van der Waals surface area contributed by atoms with Crippen LogP contribution in [0.25, 0.3) is 0 Å². The SMILES string of the molecule is CCNC(=NCc1nc(C)cs1)NC1C2CCCOC2C1(C)C. The van der Waals surface area contributed by atoms with E-state index in [9.17, 15) is 0 Å². The minimum atomic E-state index is 0.152. The summed E-state index contributed by atoms with van der Waals surface area (Å²) in [5.74, 6) is 1.49. The lowest BCUT2D eigenvalue weighted by atomic mass is 9.55. The molecule has 0 radical (unpaired) electrons. The quantitative estimate of drug-likeness (QED) is 0.656. The number of aryl methyl sites for hydroxylation is 1. The maximum Gasteiger partial charge on any atom is 0.191 e. The van der Waals surface area contributed by atoms with Crippen LogP contribution in [0.2, 0.25) is 0 Å². The molecular formula is C17H28N4OS. The zero-order valence-electron chi connectivity index (χ0n) is 14.6. The van der Waals surface area contributed by atoms with E-state index in [1.807, 2.05) is 6.92 Å². The van der Waals surface area contributed by atoms with E-state index in [1.165, 1.54) is 12.8 Å². The minimum Gasteiger partial charge on any atom is -0.377 e. The van der Waals surface area contributed by atoms with Gasteiger partial charge in [-0.2, -0.15) is 0 Å². The highest BCUT2D eigenvalue weighted by molar-refractivity contribution is 7.09. The molecule has 1 aliphatic carbocycles. The number of ether oxygens (including phenoxy) is 1. The van der Waals surface area contributed by atoms with E-state index < -0.39 is 0 Å². The van der Waals surface area contributed by atoms with Crippen molar-refractivity contribution in [2.45, 2.75) is 59.2 Å². The molecule has 3 rings (SSSR count). The second kappa shape index (κ2) is 6.77. The standard InChI is InChI=1S/C17H28N4OS/c1-5-18-16(19-9-13-20-11(2)10-23-13)21-14-12-7-6-8-22-15(12)17(14,3)4/h10,12,14-15H,5-9H2,1-4H3,(H2,18,19,21). The highest BCUT2D eigenvalue weighted by Gasteiger charge is 2.58. The van der Waals surface area contributed by atoms with Gasteiger partial charge >= 0.3 is 0 Å².